The fourth-order valence-electron chi connectivity index (χ4n) is 1.38. The van der Waals surface area contributed by atoms with Gasteiger partial charge in [-0.1, -0.05) is 0 Å². The van der Waals surface area contributed by atoms with Gasteiger partial charge in [0.2, 0.25) is 5.95 Å². The lowest BCUT2D eigenvalue weighted by atomic mass is 10.3. The number of nitrogens with zero attached hydrogens (tertiary/aromatic N) is 2. The van der Waals surface area contributed by atoms with Crippen molar-refractivity contribution >= 4 is 17.5 Å². The largest absolute Gasteiger partial charge is 0.369 e. The summed E-state index contributed by atoms with van der Waals surface area (Å²) in [6.07, 6.45) is 1.64. The Hall–Kier alpha value is -2.21. The van der Waals surface area contributed by atoms with Gasteiger partial charge in [0.25, 0.3) is 0 Å². The third kappa shape index (κ3) is 3.39. The summed E-state index contributed by atoms with van der Waals surface area (Å²) in [5.41, 5.74) is 6.12. The van der Waals surface area contributed by atoms with Crippen LogP contribution in [0.15, 0.2) is 36.5 Å². The van der Waals surface area contributed by atoms with Crippen molar-refractivity contribution in [3.63, 3.8) is 0 Å². The van der Waals surface area contributed by atoms with E-state index in [2.05, 4.69) is 20.6 Å². The molecule has 1 heterocycles. The fourth-order valence-corrected chi connectivity index (χ4v) is 1.38. The molecule has 4 N–H and O–H groups in total. The average molecular weight is 247 g/mol. The van der Waals surface area contributed by atoms with Gasteiger partial charge in [0.05, 0.1) is 0 Å². The summed E-state index contributed by atoms with van der Waals surface area (Å²) in [6, 6.07) is 7.75. The van der Waals surface area contributed by atoms with Crippen molar-refractivity contribution in [2.75, 3.05) is 23.7 Å². The zero-order valence-electron chi connectivity index (χ0n) is 9.73. The van der Waals surface area contributed by atoms with E-state index in [1.165, 1.54) is 12.1 Å². The first-order chi connectivity index (χ1) is 8.78. The molecule has 1 aromatic heterocycles. The summed E-state index contributed by atoms with van der Waals surface area (Å²) >= 11 is 0. The predicted octanol–water partition coefficient (Wildman–Crippen LogP) is 1.73. The van der Waals surface area contributed by atoms with E-state index in [-0.39, 0.29) is 5.82 Å². The molecule has 0 aliphatic rings. The third-order valence-corrected chi connectivity index (χ3v) is 2.21. The summed E-state index contributed by atoms with van der Waals surface area (Å²) < 4.78 is 12.7. The SMILES string of the molecule is NCCNc1ccnc(Nc2ccc(F)cc2)n1. The average Bonchev–Trinajstić information content (AvgIpc) is 2.40. The highest BCUT2D eigenvalue weighted by Crippen LogP contribution is 2.14. The van der Waals surface area contributed by atoms with E-state index in [1.807, 2.05) is 0 Å². The maximum Gasteiger partial charge on any atom is 0.229 e. The molecule has 6 heteroatoms. The Morgan fingerprint density at radius 2 is 1.94 bits per heavy atom. The van der Waals surface area contributed by atoms with Gasteiger partial charge in [-0.05, 0) is 30.3 Å². The van der Waals surface area contributed by atoms with Crippen LogP contribution in [0.25, 0.3) is 0 Å². The van der Waals surface area contributed by atoms with E-state index < -0.39 is 0 Å². The number of benzene rings is 1. The minimum absolute atomic E-state index is 0.278. The number of halogens is 1. The molecule has 0 aliphatic carbocycles. The molecule has 0 bridgehead atoms. The van der Waals surface area contributed by atoms with E-state index in [4.69, 9.17) is 5.73 Å². The number of rotatable bonds is 5. The number of anilines is 3. The number of nitrogens with two attached hydrogens (primary N) is 1. The van der Waals surface area contributed by atoms with Gasteiger partial charge in [-0.25, -0.2) is 9.37 Å². The van der Waals surface area contributed by atoms with Crippen LogP contribution in [0.4, 0.5) is 21.8 Å². The van der Waals surface area contributed by atoms with Gasteiger partial charge in [-0.15, -0.1) is 0 Å². The van der Waals surface area contributed by atoms with Gasteiger partial charge in [0, 0.05) is 25.0 Å². The van der Waals surface area contributed by atoms with Crippen LogP contribution in [0.3, 0.4) is 0 Å². The van der Waals surface area contributed by atoms with Gasteiger partial charge in [-0.3, -0.25) is 0 Å². The number of hydrogen-bond acceptors (Lipinski definition) is 5. The Bertz CT molecular complexity index is 500. The summed E-state index contributed by atoms with van der Waals surface area (Å²) in [5, 5.41) is 6.04. The van der Waals surface area contributed by atoms with Crippen LogP contribution >= 0.6 is 0 Å². The standard InChI is InChI=1S/C12H14FN5/c13-9-1-3-10(4-2-9)17-12-16-7-5-11(18-12)15-8-6-14/h1-5,7H,6,8,14H2,(H2,15,16,17,18). The number of aromatic nitrogens is 2. The highest BCUT2D eigenvalue weighted by atomic mass is 19.1. The molecule has 0 amide bonds. The first-order valence-electron chi connectivity index (χ1n) is 5.57. The molecule has 0 unspecified atom stereocenters. The molecule has 5 nitrogen and oxygen atoms in total. The molecule has 94 valence electrons. The van der Waals surface area contributed by atoms with E-state index >= 15 is 0 Å². The van der Waals surface area contributed by atoms with E-state index in [0.29, 0.717) is 24.9 Å². The van der Waals surface area contributed by atoms with Crippen LogP contribution in [0.1, 0.15) is 0 Å². The second-order valence-corrected chi connectivity index (χ2v) is 3.61. The van der Waals surface area contributed by atoms with E-state index in [0.717, 1.165) is 5.69 Å². The molecule has 0 atom stereocenters. The Labute approximate surface area is 104 Å². The van der Waals surface area contributed by atoms with Gasteiger partial charge in [0.15, 0.2) is 0 Å². The number of nitrogens with one attached hydrogen (secondary N) is 2. The molecule has 1 aromatic carbocycles. The normalized spacial score (nSPS) is 10.1. The fraction of sp³-hybridized carbons (Fsp3) is 0.167. The lowest BCUT2D eigenvalue weighted by Gasteiger charge is -2.07. The smallest absolute Gasteiger partial charge is 0.229 e. The molecule has 0 radical (unpaired) electrons. The molecule has 0 aliphatic heterocycles. The second kappa shape index (κ2) is 5.92. The van der Waals surface area contributed by atoms with E-state index in [1.54, 1.807) is 24.4 Å². The second-order valence-electron chi connectivity index (χ2n) is 3.61. The van der Waals surface area contributed by atoms with Gasteiger partial charge in [-0.2, -0.15) is 4.98 Å². The van der Waals surface area contributed by atoms with Crippen molar-refractivity contribution in [2.24, 2.45) is 5.73 Å². The first kappa shape index (κ1) is 12.3. The van der Waals surface area contributed by atoms with Crippen LogP contribution < -0.4 is 16.4 Å². The number of hydrogen-bond donors (Lipinski definition) is 3. The van der Waals surface area contributed by atoms with Crippen molar-refractivity contribution in [1.29, 1.82) is 0 Å². The minimum atomic E-state index is -0.278. The lowest BCUT2D eigenvalue weighted by Crippen LogP contribution is -2.14. The molecular weight excluding hydrogens is 233 g/mol. The molecule has 0 saturated carbocycles. The van der Waals surface area contributed by atoms with Gasteiger partial charge >= 0.3 is 0 Å². The maximum absolute atomic E-state index is 12.7. The molecule has 0 spiro atoms. The molecule has 0 fully saturated rings. The first-order valence-corrected chi connectivity index (χ1v) is 5.57. The highest BCUT2D eigenvalue weighted by molar-refractivity contribution is 5.54. The zero-order valence-corrected chi connectivity index (χ0v) is 9.73. The third-order valence-electron chi connectivity index (χ3n) is 2.21. The Kier molecular flexibility index (Phi) is 4.03. The molecule has 0 saturated heterocycles. The quantitative estimate of drug-likeness (QED) is 0.750. The zero-order chi connectivity index (χ0) is 12.8. The predicted molar refractivity (Wildman–Crippen MR) is 69.3 cm³/mol. The monoisotopic (exact) mass is 247 g/mol. The molecular formula is C12H14FN5. The minimum Gasteiger partial charge on any atom is -0.369 e. The van der Waals surface area contributed by atoms with Gasteiger partial charge in [0.1, 0.15) is 11.6 Å². The van der Waals surface area contributed by atoms with Crippen LogP contribution in [-0.4, -0.2) is 23.1 Å². The molecule has 2 rings (SSSR count). The topological polar surface area (TPSA) is 75.9 Å². The van der Waals surface area contributed by atoms with E-state index in [9.17, 15) is 4.39 Å². The Morgan fingerprint density at radius 3 is 2.67 bits per heavy atom. The Balaban J connectivity index is 2.06. The summed E-state index contributed by atoms with van der Waals surface area (Å²) in [4.78, 5) is 8.32. The van der Waals surface area contributed by atoms with Crippen LogP contribution in [0, 0.1) is 5.82 Å². The van der Waals surface area contributed by atoms with Crippen LogP contribution in [-0.2, 0) is 0 Å². The van der Waals surface area contributed by atoms with Crippen molar-refractivity contribution in [1.82, 2.24) is 9.97 Å². The van der Waals surface area contributed by atoms with Crippen LogP contribution in [0.5, 0.6) is 0 Å². The van der Waals surface area contributed by atoms with Gasteiger partial charge < -0.3 is 16.4 Å². The Morgan fingerprint density at radius 1 is 1.17 bits per heavy atom. The summed E-state index contributed by atoms with van der Waals surface area (Å²) in [7, 11) is 0. The molecule has 18 heavy (non-hydrogen) atoms. The van der Waals surface area contributed by atoms with Crippen molar-refractivity contribution in [2.45, 2.75) is 0 Å². The molecule has 2 aromatic rings. The lowest BCUT2D eigenvalue weighted by molar-refractivity contribution is 0.628. The van der Waals surface area contributed by atoms with Crippen molar-refractivity contribution < 1.29 is 4.39 Å². The maximum atomic E-state index is 12.7. The summed E-state index contributed by atoms with van der Waals surface area (Å²) in [6.45, 7) is 1.18. The van der Waals surface area contributed by atoms with Crippen molar-refractivity contribution in [3.05, 3.63) is 42.3 Å². The van der Waals surface area contributed by atoms with Crippen LogP contribution in [0.2, 0.25) is 0 Å². The summed E-state index contributed by atoms with van der Waals surface area (Å²) in [5.74, 6) is 0.864. The van der Waals surface area contributed by atoms with Crippen molar-refractivity contribution in [3.8, 4) is 0 Å². The highest BCUT2D eigenvalue weighted by Gasteiger charge is 1.99.